The van der Waals surface area contributed by atoms with Crippen molar-refractivity contribution in [1.29, 1.82) is 0 Å². The number of benzene rings is 1. The average molecular weight is 281 g/mol. The van der Waals surface area contributed by atoms with Gasteiger partial charge >= 0.3 is 6.18 Å². The molecule has 0 unspecified atom stereocenters. The van der Waals surface area contributed by atoms with Gasteiger partial charge in [-0.3, -0.25) is 0 Å². The molecular formula is C10H8BrF3O. The molecule has 0 bridgehead atoms. The predicted molar refractivity (Wildman–Crippen MR) is 55.3 cm³/mol. The van der Waals surface area contributed by atoms with Crippen molar-refractivity contribution in [1.82, 2.24) is 0 Å². The Morgan fingerprint density at radius 2 is 2.00 bits per heavy atom. The van der Waals surface area contributed by atoms with Crippen LogP contribution in [0.25, 0.3) is 6.08 Å². The summed E-state index contributed by atoms with van der Waals surface area (Å²) in [6, 6.07) is 3.36. The van der Waals surface area contributed by atoms with Gasteiger partial charge in [-0.25, -0.2) is 0 Å². The van der Waals surface area contributed by atoms with E-state index < -0.39 is 11.7 Å². The highest BCUT2D eigenvalue weighted by Crippen LogP contribution is 2.32. The minimum absolute atomic E-state index is 0.206. The number of aliphatic hydroxyl groups is 1. The van der Waals surface area contributed by atoms with Gasteiger partial charge in [-0.05, 0) is 23.8 Å². The topological polar surface area (TPSA) is 20.2 Å². The highest BCUT2D eigenvalue weighted by atomic mass is 79.9. The molecular weight excluding hydrogens is 273 g/mol. The third kappa shape index (κ3) is 3.35. The molecule has 0 aliphatic carbocycles. The Labute approximate surface area is 93.4 Å². The summed E-state index contributed by atoms with van der Waals surface area (Å²) in [7, 11) is 0. The molecule has 1 nitrogen and oxygen atoms in total. The number of rotatable bonds is 2. The summed E-state index contributed by atoms with van der Waals surface area (Å²) in [5, 5.41) is 8.52. The van der Waals surface area contributed by atoms with Crippen LogP contribution >= 0.6 is 15.9 Å². The molecule has 0 aromatic heterocycles. The Morgan fingerprint density at radius 1 is 1.33 bits per heavy atom. The van der Waals surface area contributed by atoms with Gasteiger partial charge in [-0.2, -0.15) is 13.2 Å². The lowest BCUT2D eigenvalue weighted by Crippen LogP contribution is -2.04. The van der Waals surface area contributed by atoms with E-state index in [1.165, 1.54) is 18.2 Å². The maximum absolute atomic E-state index is 12.3. The molecule has 0 saturated carbocycles. The van der Waals surface area contributed by atoms with Gasteiger partial charge in [0.2, 0.25) is 0 Å². The lowest BCUT2D eigenvalue weighted by molar-refractivity contribution is -0.137. The van der Waals surface area contributed by atoms with Crippen LogP contribution in [-0.2, 0) is 6.18 Å². The van der Waals surface area contributed by atoms with Crippen LogP contribution < -0.4 is 0 Å². The van der Waals surface area contributed by atoms with Gasteiger partial charge in [-0.15, -0.1) is 0 Å². The molecule has 15 heavy (non-hydrogen) atoms. The number of aliphatic hydroxyl groups excluding tert-OH is 1. The molecule has 1 aromatic rings. The van der Waals surface area contributed by atoms with E-state index in [2.05, 4.69) is 15.9 Å². The number of hydrogen-bond acceptors (Lipinski definition) is 1. The van der Waals surface area contributed by atoms with E-state index in [0.717, 1.165) is 12.1 Å². The third-order valence-corrected chi connectivity index (χ3v) is 2.45. The first-order chi connectivity index (χ1) is 6.95. The van der Waals surface area contributed by atoms with Crippen molar-refractivity contribution in [2.75, 3.05) is 6.61 Å². The van der Waals surface area contributed by atoms with Crippen molar-refractivity contribution in [2.24, 2.45) is 0 Å². The van der Waals surface area contributed by atoms with E-state index in [4.69, 9.17) is 5.11 Å². The SMILES string of the molecule is OCC=Cc1cc(C(F)(F)F)ccc1Br. The molecule has 82 valence electrons. The summed E-state index contributed by atoms with van der Waals surface area (Å²) < 4.78 is 37.6. The van der Waals surface area contributed by atoms with Crippen LogP contribution in [0.1, 0.15) is 11.1 Å². The lowest BCUT2D eigenvalue weighted by Gasteiger charge is -2.08. The zero-order chi connectivity index (χ0) is 11.5. The highest BCUT2D eigenvalue weighted by molar-refractivity contribution is 9.10. The number of alkyl halides is 3. The normalized spacial score (nSPS) is 12.3. The van der Waals surface area contributed by atoms with Gasteiger partial charge in [0.05, 0.1) is 12.2 Å². The van der Waals surface area contributed by atoms with Crippen molar-refractivity contribution < 1.29 is 18.3 Å². The van der Waals surface area contributed by atoms with E-state index >= 15 is 0 Å². The van der Waals surface area contributed by atoms with Gasteiger partial charge in [-0.1, -0.05) is 28.1 Å². The Kier molecular flexibility index (Phi) is 3.93. The molecule has 5 heteroatoms. The van der Waals surface area contributed by atoms with Crippen molar-refractivity contribution in [3.8, 4) is 0 Å². The second kappa shape index (κ2) is 4.81. The van der Waals surface area contributed by atoms with Crippen molar-refractivity contribution in [3.63, 3.8) is 0 Å². The number of halogens is 4. The zero-order valence-electron chi connectivity index (χ0n) is 7.55. The second-order valence-electron chi connectivity index (χ2n) is 2.82. The molecule has 0 aliphatic heterocycles. The van der Waals surface area contributed by atoms with Crippen LogP contribution in [-0.4, -0.2) is 11.7 Å². The Morgan fingerprint density at radius 3 is 2.53 bits per heavy atom. The van der Waals surface area contributed by atoms with E-state index in [1.807, 2.05) is 0 Å². The summed E-state index contributed by atoms with van der Waals surface area (Å²) >= 11 is 3.13. The predicted octanol–water partition coefficient (Wildman–Crippen LogP) is 3.47. The first kappa shape index (κ1) is 12.3. The van der Waals surface area contributed by atoms with Crippen LogP contribution in [0.3, 0.4) is 0 Å². The van der Waals surface area contributed by atoms with Gasteiger partial charge in [0.15, 0.2) is 0 Å². The van der Waals surface area contributed by atoms with Gasteiger partial charge in [0, 0.05) is 4.47 Å². The molecule has 0 heterocycles. The Hall–Kier alpha value is -0.810. The third-order valence-electron chi connectivity index (χ3n) is 1.73. The summed E-state index contributed by atoms with van der Waals surface area (Å²) in [4.78, 5) is 0. The lowest BCUT2D eigenvalue weighted by atomic mass is 10.1. The molecule has 1 aromatic carbocycles. The molecule has 0 fully saturated rings. The van der Waals surface area contributed by atoms with Gasteiger partial charge in [0.1, 0.15) is 0 Å². The van der Waals surface area contributed by atoms with Gasteiger partial charge in [0.25, 0.3) is 0 Å². The molecule has 1 rings (SSSR count). The largest absolute Gasteiger partial charge is 0.416 e. The average Bonchev–Trinajstić information content (AvgIpc) is 2.15. The molecule has 0 spiro atoms. The van der Waals surface area contributed by atoms with Crippen LogP contribution in [0, 0.1) is 0 Å². The standard InChI is InChI=1S/C10H8BrF3O/c11-9-4-3-8(10(12,13)14)6-7(9)2-1-5-15/h1-4,6,15H,5H2. The smallest absolute Gasteiger partial charge is 0.392 e. The quantitative estimate of drug-likeness (QED) is 0.880. The van der Waals surface area contributed by atoms with Crippen molar-refractivity contribution in [2.45, 2.75) is 6.18 Å². The van der Waals surface area contributed by atoms with Gasteiger partial charge < -0.3 is 5.11 Å². The van der Waals surface area contributed by atoms with Crippen LogP contribution in [0.15, 0.2) is 28.7 Å². The maximum Gasteiger partial charge on any atom is 0.416 e. The second-order valence-corrected chi connectivity index (χ2v) is 3.67. The minimum atomic E-state index is -4.34. The van der Waals surface area contributed by atoms with Crippen LogP contribution in [0.2, 0.25) is 0 Å². The fourth-order valence-corrected chi connectivity index (χ4v) is 1.41. The highest BCUT2D eigenvalue weighted by Gasteiger charge is 2.30. The van der Waals surface area contributed by atoms with E-state index in [1.54, 1.807) is 0 Å². The molecule has 0 radical (unpaired) electrons. The van der Waals surface area contributed by atoms with Crippen molar-refractivity contribution in [3.05, 3.63) is 39.9 Å². The van der Waals surface area contributed by atoms with Crippen LogP contribution in [0.5, 0.6) is 0 Å². The minimum Gasteiger partial charge on any atom is -0.392 e. The van der Waals surface area contributed by atoms with E-state index in [0.29, 0.717) is 10.0 Å². The Bertz CT molecular complexity index is 371. The molecule has 1 N–H and O–H groups in total. The van der Waals surface area contributed by atoms with E-state index in [-0.39, 0.29) is 6.61 Å². The Balaban J connectivity index is 3.11. The summed E-state index contributed by atoms with van der Waals surface area (Å²) in [6.45, 7) is -0.206. The summed E-state index contributed by atoms with van der Waals surface area (Å²) in [5.41, 5.74) is -0.317. The summed E-state index contributed by atoms with van der Waals surface area (Å²) in [5.74, 6) is 0. The fourth-order valence-electron chi connectivity index (χ4n) is 1.03. The fraction of sp³-hybridized carbons (Fsp3) is 0.200. The molecule has 0 saturated heterocycles. The number of hydrogen-bond donors (Lipinski definition) is 1. The van der Waals surface area contributed by atoms with Crippen molar-refractivity contribution >= 4 is 22.0 Å². The summed E-state index contributed by atoms with van der Waals surface area (Å²) in [6.07, 6.45) is -1.54. The maximum atomic E-state index is 12.3. The van der Waals surface area contributed by atoms with E-state index in [9.17, 15) is 13.2 Å². The molecule has 0 aliphatic rings. The van der Waals surface area contributed by atoms with Crippen LogP contribution in [0.4, 0.5) is 13.2 Å². The molecule has 0 amide bonds. The zero-order valence-corrected chi connectivity index (χ0v) is 9.14. The first-order valence-corrected chi connectivity index (χ1v) is 4.88. The molecule has 0 atom stereocenters. The monoisotopic (exact) mass is 280 g/mol. The first-order valence-electron chi connectivity index (χ1n) is 4.09.